The number of hydrogen-bond acceptors (Lipinski definition) is 5. The highest BCUT2D eigenvalue weighted by Crippen LogP contribution is 2.33. The molecule has 5 nitrogen and oxygen atoms in total. The summed E-state index contributed by atoms with van der Waals surface area (Å²) in [4.78, 5) is 12.7. The van der Waals surface area contributed by atoms with Gasteiger partial charge in [-0.3, -0.25) is 4.79 Å². The van der Waals surface area contributed by atoms with Crippen LogP contribution in [-0.4, -0.2) is 12.2 Å². The topological polar surface area (TPSA) is 85.7 Å². The molecule has 0 saturated carbocycles. The smallest absolute Gasteiger partial charge is 0.202 e. The van der Waals surface area contributed by atoms with Crippen molar-refractivity contribution in [1.29, 1.82) is 0 Å². The molecule has 0 bridgehead atoms. The molecular weight excluding hydrogens is 270 g/mol. The van der Waals surface area contributed by atoms with Gasteiger partial charge in [0.15, 0.2) is 0 Å². The predicted molar refractivity (Wildman–Crippen MR) is 80.5 cm³/mol. The lowest BCUT2D eigenvalue weighted by atomic mass is 10.0. The van der Waals surface area contributed by atoms with Gasteiger partial charge in [0.05, 0.1) is 18.1 Å². The summed E-state index contributed by atoms with van der Waals surface area (Å²) < 4.78 is 10.7. The summed E-state index contributed by atoms with van der Waals surface area (Å²) in [7, 11) is 1.52. The van der Waals surface area contributed by atoms with E-state index in [0.29, 0.717) is 16.7 Å². The van der Waals surface area contributed by atoms with Crippen molar-refractivity contribution in [3.63, 3.8) is 0 Å². The fourth-order valence-corrected chi connectivity index (χ4v) is 2.31. The van der Waals surface area contributed by atoms with Gasteiger partial charge in [-0.25, -0.2) is 0 Å². The lowest BCUT2D eigenvalue weighted by Gasteiger charge is -2.10. The van der Waals surface area contributed by atoms with E-state index in [4.69, 9.17) is 14.9 Å². The van der Waals surface area contributed by atoms with Crippen molar-refractivity contribution < 1.29 is 14.3 Å². The number of nitrogen functional groups attached to an aromatic ring is 1. The molecule has 0 saturated heterocycles. The SMILES string of the molecule is COc1ccccc1-c1c(N)oc2cc(O)ccc2c1=O. The number of rotatable bonds is 2. The average Bonchev–Trinajstić information content (AvgIpc) is 2.47. The van der Waals surface area contributed by atoms with Gasteiger partial charge in [-0.05, 0) is 18.2 Å². The van der Waals surface area contributed by atoms with E-state index in [-0.39, 0.29) is 28.2 Å². The van der Waals surface area contributed by atoms with Crippen LogP contribution in [0.4, 0.5) is 5.88 Å². The first kappa shape index (κ1) is 13.1. The number of phenolic OH excluding ortho intramolecular Hbond substituents is 1. The molecule has 1 aromatic heterocycles. The number of ether oxygens (including phenoxy) is 1. The van der Waals surface area contributed by atoms with Gasteiger partial charge >= 0.3 is 0 Å². The van der Waals surface area contributed by atoms with Crippen LogP contribution in [0.1, 0.15) is 0 Å². The summed E-state index contributed by atoms with van der Waals surface area (Å²) in [6.07, 6.45) is 0. The molecule has 3 aromatic rings. The number of hydrogen-bond donors (Lipinski definition) is 2. The van der Waals surface area contributed by atoms with Gasteiger partial charge in [0.1, 0.15) is 17.1 Å². The molecule has 2 aromatic carbocycles. The fraction of sp³-hybridized carbons (Fsp3) is 0.0625. The van der Waals surface area contributed by atoms with Gasteiger partial charge in [0, 0.05) is 11.6 Å². The first-order valence-electron chi connectivity index (χ1n) is 6.30. The highest BCUT2D eigenvalue weighted by molar-refractivity contribution is 5.88. The third-order valence-electron chi connectivity index (χ3n) is 3.28. The molecule has 0 spiro atoms. The quantitative estimate of drug-likeness (QED) is 0.755. The second-order valence-corrected chi connectivity index (χ2v) is 4.55. The first-order chi connectivity index (χ1) is 10.1. The molecule has 1 heterocycles. The molecule has 106 valence electrons. The molecule has 0 aliphatic carbocycles. The van der Waals surface area contributed by atoms with Gasteiger partial charge in [0.2, 0.25) is 11.3 Å². The molecule has 3 rings (SSSR count). The summed E-state index contributed by atoms with van der Waals surface area (Å²) in [5.41, 5.74) is 6.70. The van der Waals surface area contributed by atoms with Crippen molar-refractivity contribution in [1.82, 2.24) is 0 Å². The molecule has 0 atom stereocenters. The molecule has 0 unspecified atom stereocenters. The Hall–Kier alpha value is -2.95. The molecular formula is C16H13NO4. The Labute approximate surface area is 120 Å². The second-order valence-electron chi connectivity index (χ2n) is 4.55. The van der Waals surface area contributed by atoms with Crippen LogP contribution in [0.25, 0.3) is 22.1 Å². The van der Waals surface area contributed by atoms with E-state index in [9.17, 15) is 9.90 Å². The average molecular weight is 283 g/mol. The normalized spacial score (nSPS) is 10.7. The zero-order valence-electron chi connectivity index (χ0n) is 11.3. The minimum atomic E-state index is -0.266. The van der Waals surface area contributed by atoms with Crippen LogP contribution in [0.3, 0.4) is 0 Å². The Kier molecular flexibility index (Phi) is 3.02. The zero-order chi connectivity index (χ0) is 15.0. The number of nitrogens with two attached hydrogens (primary N) is 1. The number of phenols is 1. The second kappa shape index (κ2) is 4.86. The largest absolute Gasteiger partial charge is 0.508 e. The Morgan fingerprint density at radius 3 is 2.71 bits per heavy atom. The van der Waals surface area contributed by atoms with Crippen LogP contribution in [0, 0.1) is 0 Å². The van der Waals surface area contributed by atoms with E-state index < -0.39 is 0 Å². The van der Waals surface area contributed by atoms with Crippen molar-refractivity contribution in [2.24, 2.45) is 0 Å². The fourth-order valence-electron chi connectivity index (χ4n) is 2.31. The van der Waals surface area contributed by atoms with Crippen molar-refractivity contribution >= 4 is 16.9 Å². The molecule has 0 aliphatic rings. The first-order valence-corrected chi connectivity index (χ1v) is 6.30. The van der Waals surface area contributed by atoms with E-state index >= 15 is 0 Å². The molecule has 0 fully saturated rings. The van der Waals surface area contributed by atoms with Gasteiger partial charge < -0.3 is 20.0 Å². The van der Waals surface area contributed by atoms with E-state index in [0.717, 1.165) is 0 Å². The van der Waals surface area contributed by atoms with E-state index in [2.05, 4.69) is 0 Å². The van der Waals surface area contributed by atoms with Crippen LogP contribution in [-0.2, 0) is 0 Å². The number of anilines is 1. The summed E-state index contributed by atoms with van der Waals surface area (Å²) in [5, 5.41) is 9.81. The summed E-state index contributed by atoms with van der Waals surface area (Å²) in [6, 6.07) is 11.4. The Balaban J connectivity index is 2.38. The number of methoxy groups -OCH3 is 1. The minimum Gasteiger partial charge on any atom is -0.508 e. The highest BCUT2D eigenvalue weighted by Gasteiger charge is 2.17. The maximum absolute atomic E-state index is 12.7. The molecule has 5 heteroatoms. The van der Waals surface area contributed by atoms with Gasteiger partial charge in [-0.2, -0.15) is 0 Å². The predicted octanol–water partition coefficient (Wildman–Crippen LogP) is 2.76. The summed E-state index contributed by atoms with van der Waals surface area (Å²) in [6.45, 7) is 0. The van der Waals surface area contributed by atoms with Crippen LogP contribution in [0.15, 0.2) is 51.7 Å². The monoisotopic (exact) mass is 283 g/mol. The van der Waals surface area contributed by atoms with E-state index in [1.807, 2.05) is 0 Å². The Morgan fingerprint density at radius 1 is 1.19 bits per heavy atom. The lowest BCUT2D eigenvalue weighted by molar-refractivity contribution is 0.416. The van der Waals surface area contributed by atoms with Crippen molar-refractivity contribution in [2.45, 2.75) is 0 Å². The van der Waals surface area contributed by atoms with Crippen molar-refractivity contribution in [3.8, 4) is 22.6 Å². The highest BCUT2D eigenvalue weighted by atomic mass is 16.5. The minimum absolute atomic E-state index is 0.00934. The van der Waals surface area contributed by atoms with Gasteiger partial charge in [-0.1, -0.05) is 18.2 Å². The number of benzene rings is 2. The number of para-hydroxylation sites is 1. The van der Waals surface area contributed by atoms with E-state index in [1.165, 1.54) is 25.3 Å². The lowest BCUT2D eigenvalue weighted by Crippen LogP contribution is -2.09. The van der Waals surface area contributed by atoms with Crippen LogP contribution >= 0.6 is 0 Å². The van der Waals surface area contributed by atoms with Crippen molar-refractivity contribution in [3.05, 3.63) is 52.7 Å². The standard InChI is InChI=1S/C16H13NO4/c1-20-12-5-3-2-4-10(12)14-15(19)11-7-6-9(18)8-13(11)21-16(14)17/h2-8,18H,17H2,1H3. The number of aromatic hydroxyl groups is 1. The van der Waals surface area contributed by atoms with Crippen LogP contribution in [0.5, 0.6) is 11.5 Å². The third-order valence-corrected chi connectivity index (χ3v) is 3.28. The van der Waals surface area contributed by atoms with Gasteiger partial charge in [0.25, 0.3) is 0 Å². The zero-order valence-corrected chi connectivity index (χ0v) is 11.3. The van der Waals surface area contributed by atoms with Crippen LogP contribution < -0.4 is 15.9 Å². The summed E-state index contributed by atoms with van der Waals surface area (Å²) >= 11 is 0. The Bertz CT molecular complexity index is 883. The molecule has 3 N–H and O–H groups in total. The maximum atomic E-state index is 12.7. The van der Waals surface area contributed by atoms with Crippen molar-refractivity contribution in [2.75, 3.05) is 12.8 Å². The molecule has 21 heavy (non-hydrogen) atoms. The van der Waals surface area contributed by atoms with Gasteiger partial charge in [-0.15, -0.1) is 0 Å². The molecule has 0 aliphatic heterocycles. The molecule has 0 amide bonds. The Morgan fingerprint density at radius 2 is 1.95 bits per heavy atom. The number of fused-ring (bicyclic) bond motifs is 1. The molecule has 0 radical (unpaired) electrons. The van der Waals surface area contributed by atoms with E-state index in [1.54, 1.807) is 24.3 Å². The third kappa shape index (κ3) is 2.08. The summed E-state index contributed by atoms with van der Waals surface area (Å²) in [5.74, 6) is 0.535. The van der Waals surface area contributed by atoms with Crippen LogP contribution in [0.2, 0.25) is 0 Å². The maximum Gasteiger partial charge on any atom is 0.202 e.